The fraction of sp³-hybridized carbons (Fsp3) is 0.857. The average molecular weight is 157 g/mol. The summed E-state index contributed by atoms with van der Waals surface area (Å²) in [6.45, 7) is 2.66. The second-order valence-electron chi connectivity index (χ2n) is 3.10. The van der Waals surface area contributed by atoms with E-state index in [1.165, 1.54) is 0 Å². The molecule has 0 aromatic heterocycles. The molecular weight excluding hydrogens is 142 g/mol. The molecule has 1 aliphatic rings. The van der Waals surface area contributed by atoms with Crippen molar-refractivity contribution in [1.82, 2.24) is 4.90 Å². The third-order valence-electron chi connectivity index (χ3n) is 2.02. The van der Waals surface area contributed by atoms with Crippen molar-refractivity contribution in [2.45, 2.75) is 6.42 Å². The Kier molecular flexibility index (Phi) is 2.84. The van der Waals surface area contributed by atoms with E-state index in [0.29, 0.717) is 12.5 Å². The minimum absolute atomic E-state index is 0.212. The van der Waals surface area contributed by atoms with E-state index in [0.717, 1.165) is 19.5 Å². The first-order valence-electron chi connectivity index (χ1n) is 3.88. The number of nitrogens with zero attached hydrogens (tertiary/aromatic N) is 1. The van der Waals surface area contributed by atoms with Gasteiger partial charge in [0.1, 0.15) is 5.84 Å². The number of likely N-dealkylation sites (tertiary alicyclic amines) is 1. The van der Waals surface area contributed by atoms with E-state index < -0.39 is 0 Å². The highest BCUT2D eigenvalue weighted by atomic mass is 16.3. The lowest BCUT2D eigenvalue weighted by atomic mass is 10.1. The standard InChI is InChI=1S/C7H15N3O/c8-7(9)4-10-2-1-6(3-10)5-11/h6,11H,1-5H2,(H3,8,9). The quantitative estimate of drug-likeness (QED) is 0.372. The van der Waals surface area contributed by atoms with Gasteiger partial charge in [-0.15, -0.1) is 0 Å². The summed E-state index contributed by atoms with van der Waals surface area (Å²) in [6.07, 6.45) is 1.03. The Morgan fingerprint density at radius 1 is 1.73 bits per heavy atom. The van der Waals surface area contributed by atoms with Gasteiger partial charge in [-0.05, 0) is 18.9 Å². The molecule has 0 aromatic carbocycles. The van der Waals surface area contributed by atoms with Gasteiger partial charge in [-0.25, -0.2) is 0 Å². The highest BCUT2D eigenvalue weighted by molar-refractivity contribution is 5.78. The average Bonchev–Trinajstić information content (AvgIpc) is 2.34. The maximum Gasteiger partial charge on any atom is 0.105 e. The first-order valence-corrected chi connectivity index (χ1v) is 3.88. The second-order valence-corrected chi connectivity index (χ2v) is 3.10. The van der Waals surface area contributed by atoms with Gasteiger partial charge in [0.15, 0.2) is 0 Å². The van der Waals surface area contributed by atoms with Crippen molar-refractivity contribution in [2.24, 2.45) is 11.7 Å². The van der Waals surface area contributed by atoms with Crippen LogP contribution in [0.1, 0.15) is 6.42 Å². The molecule has 4 heteroatoms. The summed E-state index contributed by atoms with van der Waals surface area (Å²) in [5.41, 5.74) is 5.24. The number of amidine groups is 1. The van der Waals surface area contributed by atoms with Gasteiger partial charge in [-0.1, -0.05) is 0 Å². The molecule has 1 heterocycles. The van der Waals surface area contributed by atoms with Crippen LogP contribution in [0.4, 0.5) is 0 Å². The maximum absolute atomic E-state index is 8.81. The lowest BCUT2D eigenvalue weighted by Crippen LogP contribution is -2.31. The van der Waals surface area contributed by atoms with Crippen molar-refractivity contribution in [3.8, 4) is 0 Å². The summed E-state index contributed by atoms with van der Waals surface area (Å²) >= 11 is 0. The normalized spacial score (nSPS) is 25.7. The third kappa shape index (κ3) is 2.48. The van der Waals surface area contributed by atoms with Crippen molar-refractivity contribution in [1.29, 1.82) is 5.41 Å². The molecular formula is C7H15N3O. The van der Waals surface area contributed by atoms with Gasteiger partial charge >= 0.3 is 0 Å². The molecule has 1 rings (SSSR count). The van der Waals surface area contributed by atoms with Gasteiger partial charge in [-0.2, -0.15) is 0 Å². The minimum atomic E-state index is 0.212. The van der Waals surface area contributed by atoms with E-state index >= 15 is 0 Å². The zero-order chi connectivity index (χ0) is 8.27. The van der Waals surface area contributed by atoms with Gasteiger partial charge in [0.05, 0.1) is 6.54 Å². The summed E-state index contributed by atoms with van der Waals surface area (Å²) in [6, 6.07) is 0. The highest BCUT2D eigenvalue weighted by Crippen LogP contribution is 2.14. The Bertz CT molecular complexity index is 149. The predicted molar refractivity (Wildman–Crippen MR) is 43.5 cm³/mol. The molecule has 1 fully saturated rings. The van der Waals surface area contributed by atoms with Crippen molar-refractivity contribution in [2.75, 3.05) is 26.2 Å². The van der Waals surface area contributed by atoms with Crippen LogP contribution in [0.25, 0.3) is 0 Å². The zero-order valence-corrected chi connectivity index (χ0v) is 6.58. The molecule has 0 bridgehead atoms. The fourth-order valence-corrected chi connectivity index (χ4v) is 1.45. The number of nitrogens with two attached hydrogens (primary N) is 1. The molecule has 0 aliphatic carbocycles. The molecule has 0 saturated carbocycles. The molecule has 4 N–H and O–H groups in total. The molecule has 0 aromatic rings. The van der Waals surface area contributed by atoms with Crippen LogP contribution in [0.15, 0.2) is 0 Å². The van der Waals surface area contributed by atoms with Crippen LogP contribution < -0.4 is 5.73 Å². The molecule has 0 spiro atoms. The first kappa shape index (κ1) is 8.49. The summed E-state index contributed by atoms with van der Waals surface area (Å²) < 4.78 is 0. The number of hydrogen-bond donors (Lipinski definition) is 3. The molecule has 0 amide bonds. The summed E-state index contributed by atoms with van der Waals surface area (Å²) in [5.74, 6) is 0.609. The topological polar surface area (TPSA) is 73.3 Å². The van der Waals surface area contributed by atoms with Gasteiger partial charge in [0, 0.05) is 13.2 Å². The number of hydrogen-bond acceptors (Lipinski definition) is 3. The lowest BCUT2D eigenvalue weighted by molar-refractivity contribution is 0.226. The van der Waals surface area contributed by atoms with E-state index in [1.54, 1.807) is 0 Å². The van der Waals surface area contributed by atoms with E-state index in [1.807, 2.05) is 0 Å². The van der Waals surface area contributed by atoms with Gasteiger partial charge in [-0.3, -0.25) is 10.3 Å². The smallest absolute Gasteiger partial charge is 0.105 e. The lowest BCUT2D eigenvalue weighted by Gasteiger charge is -2.13. The Morgan fingerprint density at radius 3 is 2.91 bits per heavy atom. The van der Waals surface area contributed by atoms with E-state index in [-0.39, 0.29) is 12.4 Å². The minimum Gasteiger partial charge on any atom is -0.396 e. The molecule has 64 valence electrons. The van der Waals surface area contributed by atoms with E-state index in [2.05, 4.69) is 4.90 Å². The third-order valence-corrected chi connectivity index (χ3v) is 2.02. The summed E-state index contributed by atoms with van der Waals surface area (Å²) in [5, 5.41) is 15.9. The fourth-order valence-electron chi connectivity index (χ4n) is 1.45. The predicted octanol–water partition coefficient (Wildman–Crippen LogP) is -0.763. The second kappa shape index (κ2) is 3.69. The molecule has 11 heavy (non-hydrogen) atoms. The zero-order valence-electron chi connectivity index (χ0n) is 6.58. The van der Waals surface area contributed by atoms with Crippen molar-refractivity contribution >= 4 is 5.84 Å². The van der Waals surface area contributed by atoms with Gasteiger partial charge in [0.2, 0.25) is 0 Å². The molecule has 0 radical (unpaired) electrons. The summed E-state index contributed by atoms with van der Waals surface area (Å²) in [7, 11) is 0. The number of aliphatic hydroxyl groups excluding tert-OH is 1. The van der Waals surface area contributed by atoms with Crippen molar-refractivity contribution in [3.05, 3.63) is 0 Å². The monoisotopic (exact) mass is 157 g/mol. The highest BCUT2D eigenvalue weighted by Gasteiger charge is 2.21. The molecule has 1 unspecified atom stereocenters. The van der Waals surface area contributed by atoms with Crippen LogP contribution in [0.3, 0.4) is 0 Å². The largest absolute Gasteiger partial charge is 0.396 e. The maximum atomic E-state index is 8.81. The number of aliphatic hydroxyl groups is 1. The van der Waals surface area contributed by atoms with Gasteiger partial charge in [0.25, 0.3) is 0 Å². The number of rotatable bonds is 3. The SMILES string of the molecule is N=C(N)CN1CCC(CO)C1. The molecule has 1 atom stereocenters. The Hall–Kier alpha value is -0.610. The van der Waals surface area contributed by atoms with Crippen LogP contribution in [0.5, 0.6) is 0 Å². The van der Waals surface area contributed by atoms with Crippen LogP contribution in [0, 0.1) is 11.3 Å². The van der Waals surface area contributed by atoms with E-state index in [9.17, 15) is 0 Å². The molecule has 1 aliphatic heterocycles. The Labute approximate surface area is 66.5 Å². The van der Waals surface area contributed by atoms with E-state index in [4.69, 9.17) is 16.2 Å². The number of nitrogens with one attached hydrogen (secondary N) is 1. The van der Waals surface area contributed by atoms with Crippen molar-refractivity contribution < 1.29 is 5.11 Å². The van der Waals surface area contributed by atoms with Crippen molar-refractivity contribution in [3.63, 3.8) is 0 Å². The Balaban J connectivity index is 2.24. The van der Waals surface area contributed by atoms with Crippen LogP contribution in [-0.2, 0) is 0 Å². The van der Waals surface area contributed by atoms with Gasteiger partial charge < -0.3 is 10.8 Å². The first-order chi connectivity index (χ1) is 5.22. The Morgan fingerprint density at radius 2 is 2.45 bits per heavy atom. The van der Waals surface area contributed by atoms with Crippen LogP contribution in [-0.4, -0.2) is 42.1 Å². The van der Waals surface area contributed by atoms with Crippen LogP contribution >= 0.6 is 0 Å². The molecule has 1 saturated heterocycles. The van der Waals surface area contributed by atoms with Crippen LogP contribution in [0.2, 0.25) is 0 Å². The summed E-state index contributed by atoms with van der Waals surface area (Å²) in [4.78, 5) is 2.10. The molecule has 4 nitrogen and oxygen atoms in total.